The third kappa shape index (κ3) is 3.14. The van der Waals surface area contributed by atoms with Crippen LogP contribution in [0.2, 0.25) is 0 Å². The Labute approximate surface area is 125 Å². The molecule has 3 rings (SSSR count). The van der Waals surface area contributed by atoms with Gasteiger partial charge in [-0.15, -0.1) is 12.4 Å². The van der Waals surface area contributed by atoms with Crippen molar-refractivity contribution in [1.82, 2.24) is 5.32 Å². The van der Waals surface area contributed by atoms with E-state index >= 15 is 0 Å². The van der Waals surface area contributed by atoms with Gasteiger partial charge in [-0.05, 0) is 24.8 Å². The molecule has 1 amide bonds. The number of carbonyl (C=O) groups excluding carboxylic acids is 1. The molecule has 1 saturated carbocycles. The van der Waals surface area contributed by atoms with E-state index in [0.29, 0.717) is 32.0 Å². The largest absolute Gasteiger partial charge is 0.381 e. The van der Waals surface area contributed by atoms with Crippen LogP contribution in [0.25, 0.3) is 0 Å². The van der Waals surface area contributed by atoms with Crippen LogP contribution in [0.3, 0.4) is 0 Å². The standard InChI is InChI=1S/C15H20N2O2.ClH/c16-15(6-8-19-9-7-15)14(18)17-13-10-12(13)11-4-2-1-3-5-11;/h1-5,12-13H,6-10,16H2,(H,17,18);1H. The Balaban J connectivity index is 0.00000147. The number of ether oxygens (including phenoxy) is 1. The lowest BCUT2D eigenvalue weighted by Crippen LogP contribution is -2.57. The minimum atomic E-state index is -0.734. The van der Waals surface area contributed by atoms with Gasteiger partial charge in [0.05, 0.1) is 5.54 Å². The third-order valence-corrected chi connectivity index (χ3v) is 4.17. The van der Waals surface area contributed by atoms with Crippen LogP contribution in [0.5, 0.6) is 0 Å². The first kappa shape index (κ1) is 15.3. The van der Waals surface area contributed by atoms with Crippen molar-refractivity contribution in [3.63, 3.8) is 0 Å². The molecule has 2 atom stereocenters. The first-order chi connectivity index (χ1) is 9.19. The maximum absolute atomic E-state index is 12.3. The maximum Gasteiger partial charge on any atom is 0.240 e. The summed E-state index contributed by atoms with van der Waals surface area (Å²) in [6.45, 7) is 1.16. The Kier molecular flexibility index (Phi) is 4.68. The number of hydrogen-bond donors (Lipinski definition) is 2. The number of rotatable bonds is 3. The zero-order valence-corrected chi connectivity index (χ0v) is 12.2. The predicted octanol–water partition coefficient (Wildman–Crippen LogP) is 1.59. The van der Waals surface area contributed by atoms with Crippen LogP contribution in [0.4, 0.5) is 0 Å². The molecule has 4 nitrogen and oxygen atoms in total. The van der Waals surface area contributed by atoms with E-state index in [0.717, 1.165) is 6.42 Å². The van der Waals surface area contributed by atoms with Crippen molar-refractivity contribution < 1.29 is 9.53 Å². The van der Waals surface area contributed by atoms with E-state index in [2.05, 4.69) is 17.4 Å². The molecular formula is C15H21ClN2O2. The van der Waals surface area contributed by atoms with Crippen molar-refractivity contribution in [2.75, 3.05) is 13.2 Å². The van der Waals surface area contributed by atoms with Gasteiger partial charge >= 0.3 is 0 Å². The van der Waals surface area contributed by atoms with E-state index in [9.17, 15) is 4.79 Å². The highest BCUT2D eigenvalue weighted by Gasteiger charge is 2.43. The zero-order valence-electron chi connectivity index (χ0n) is 11.4. The molecule has 0 bridgehead atoms. The average Bonchev–Trinajstić information content (AvgIpc) is 3.20. The Hall–Kier alpha value is -1.10. The van der Waals surface area contributed by atoms with Crippen molar-refractivity contribution in [3.8, 4) is 0 Å². The topological polar surface area (TPSA) is 64.4 Å². The molecule has 3 N–H and O–H groups in total. The van der Waals surface area contributed by atoms with Crippen molar-refractivity contribution in [3.05, 3.63) is 35.9 Å². The molecule has 0 spiro atoms. The number of halogens is 1. The normalized spacial score (nSPS) is 27.2. The summed E-state index contributed by atoms with van der Waals surface area (Å²) in [5.74, 6) is 0.438. The summed E-state index contributed by atoms with van der Waals surface area (Å²) in [4.78, 5) is 12.3. The molecule has 110 valence electrons. The van der Waals surface area contributed by atoms with E-state index < -0.39 is 5.54 Å². The van der Waals surface area contributed by atoms with Crippen molar-refractivity contribution in [1.29, 1.82) is 0 Å². The first-order valence-corrected chi connectivity index (χ1v) is 6.92. The highest BCUT2D eigenvalue weighted by atomic mass is 35.5. The van der Waals surface area contributed by atoms with Crippen LogP contribution in [-0.2, 0) is 9.53 Å². The van der Waals surface area contributed by atoms with Gasteiger partial charge in [0, 0.05) is 25.2 Å². The fraction of sp³-hybridized carbons (Fsp3) is 0.533. The van der Waals surface area contributed by atoms with Gasteiger partial charge in [-0.2, -0.15) is 0 Å². The summed E-state index contributed by atoms with van der Waals surface area (Å²) in [7, 11) is 0. The number of nitrogens with two attached hydrogens (primary N) is 1. The second-order valence-electron chi connectivity index (χ2n) is 5.60. The monoisotopic (exact) mass is 296 g/mol. The van der Waals surface area contributed by atoms with Crippen LogP contribution in [0.1, 0.15) is 30.7 Å². The van der Waals surface area contributed by atoms with Crippen LogP contribution in [0.15, 0.2) is 30.3 Å². The Bertz CT molecular complexity index is 460. The molecule has 1 aromatic rings. The zero-order chi connectivity index (χ0) is 13.3. The van der Waals surface area contributed by atoms with Crippen molar-refractivity contribution in [2.45, 2.75) is 36.8 Å². The molecule has 0 radical (unpaired) electrons. The van der Waals surface area contributed by atoms with Gasteiger partial charge in [0.15, 0.2) is 0 Å². The maximum atomic E-state index is 12.3. The summed E-state index contributed by atoms with van der Waals surface area (Å²) < 4.78 is 5.27. The SMILES string of the molecule is Cl.NC1(C(=O)NC2CC2c2ccccc2)CCOCC1. The predicted molar refractivity (Wildman–Crippen MR) is 80.0 cm³/mol. The summed E-state index contributed by atoms with van der Waals surface area (Å²) >= 11 is 0. The number of benzene rings is 1. The molecule has 5 heteroatoms. The molecule has 1 aromatic carbocycles. The molecule has 2 unspecified atom stereocenters. The van der Waals surface area contributed by atoms with Gasteiger partial charge in [0.1, 0.15) is 0 Å². The molecular weight excluding hydrogens is 276 g/mol. The average molecular weight is 297 g/mol. The van der Waals surface area contributed by atoms with Gasteiger partial charge in [-0.25, -0.2) is 0 Å². The Morgan fingerprint density at radius 3 is 2.55 bits per heavy atom. The minimum Gasteiger partial charge on any atom is -0.381 e. The summed E-state index contributed by atoms with van der Waals surface area (Å²) in [5, 5.41) is 3.09. The summed E-state index contributed by atoms with van der Waals surface area (Å²) in [6.07, 6.45) is 2.24. The highest BCUT2D eigenvalue weighted by molar-refractivity contribution is 5.86. The fourth-order valence-corrected chi connectivity index (χ4v) is 2.70. The smallest absolute Gasteiger partial charge is 0.240 e. The third-order valence-electron chi connectivity index (χ3n) is 4.17. The van der Waals surface area contributed by atoms with E-state index in [4.69, 9.17) is 10.5 Å². The molecule has 0 aromatic heterocycles. The number of hydrogen-bond acceptors (Lipinski definition) is 3. The van der Waals surface area contributed by atoms with Crippen LogP contribution in [0, 0.1) is 0 Å². The quantitative estimate of drug-likeness (QED) is 0.890. The van der Waals surface area contributed by atoms with E-state index in [-0.39, 0.29) is 24.4 Å². The van der Waals surface area contributed by atoms with E-state index in [1.165, 1.54) is 5.56 Å². The minimum absolute atomic E-state index is 0. The van der Waals surface area contributed by atoms with Gasteiger partial charge in [0.2, 0.25) is 5.91 Å². The Morgan fingerprint density at radius 2 is 1.90 bits per heavy atom. The molecule has 1 aliphatic carbocycles. The molecule has 1 aliphatic heterocycles. The molecule has 20 heavy (non-hydrogen) atoms. The van der Waals surface area contributed by atoms with Crippen LogP contribution in [-0.4, -0.2) is 30.7 Å². The van der Waals surface area contributed by atoms with Gasteiger partial charge in [0.25, 0.3) is 0 Å². The Morgan fingerprint density at radius 1 is 1.25 bits per heavy atom. The van der Waals surface area contributed by atoms with Gasteiger partial charge in [-0.1, -0.05) is 30.3 Å². The number of carbonyl (C=O) groups is 1. The van der Waals surface area contributed by atoms with Crippen LogP contribution >= 0.6 is 12.4 Å². The number of nitrogens with one attached hydrogen (secondary N) is 1. The van der Waals surface area contributed by atoms with Crippen molar-refractivity contribution in [2.24, 2.45) is 5.73 Å². The fourth-order valence-electron chi connectivity index (χ4n) is 2.70. The van der Waals surface area contributed by atoms with Gasteiger partial charge < -0.3 is 15.8 Å². The second-order valence-corrected chi connectivity index (χ2v) is 5.60. The lowest BCUT2D eigenvalue weighted by molar-refractivity contribution is -0.129. The molecule has 2 aliphatic rings. The van der Waals surface area contributed by atoms with Crippen LogP contribution < -0.4 is 11.1 Å². The lowest BCUT2D eigenvalue weighted by Gasteiger charge is -2.31. The summed E-state index contributed by atoms with van der Waals surface area (Å²) in [6, 6.07) is 10.6. The van der Waals surface area contributed by atoms with Crippen molar-refractivity contribution >= 4 is 18.3 Å². The molecule has 1 heterocycles. The summed E-state index contributed by atoms with van der Waals surface area (Å²) in [5.41, 5.74) is 6.73. The number of amides is 1. The van der Waals surface area contributed by atoms with Gasteiger partial charge in [-0.3, -0.25) is 4.79 Å². The second kappa shape index (κ2) is 6.12. The molecule has 2 fully saturated rings. The highest BCUT2D eigenvalue weighted by Crippen LogP contribution is 2.41. The lowest BCUT2D eigenvalue weighted by atomic mass is 9.90. The van der Waals surface area contributed by atoms with E-state index in [1.54, 1.807) is 0 Å². The van der Waals surface area contributed by atoms with E-state index in [1.807, 2.05) is 18.2 Å². The first-order valence-electron chi connectivity index (χ1n) is 6.92. The molecule has 1 saturated heterocycles.